The first-order valence-electron chi connectivity index (χ1n) is 7.37. The van der Waals surface area contributed by atoms with Crippen molar-refractivity contribution in [3.8, 4) is 5.82 Å². The number of anilines is 1. The second-order valence-electron chi connectivity index (χ2n) is 5.70. The summed E-state index contributed by atoms with van der Waals surface area (Å²) in [6, 6.07) is 8.10. The molecule has 0 radical (unpaired) electrons. The number of fused-ring (bicyclic) bond motifs is 1. The molecule has 7 heteroatoms. The van der Waals surface area contributed by atoms with Crippen molar-refractivity contribution in [1.82, 2.24) is 14.5 Å². The Balaban J connectivity index is 2.18. The lowest BCUT2D eigenvalue weighted by molar-refractivity contribution is -0.114. The molecule has 5 nitrogen and oxygen atoms in total. The number of hydrogen-bond acceptors (Lipinski definition) is 3. The molecule has 3 rings (SSSR count). The third-order valence-electron chi connectivity index (χ3n) is 3.59. The normalized spacial score (nSPS) is 11.7. The highest BCUT2D eigenvalue weighted by atomic mass is 19.3. The molecule has 24 heavy (non-hydrogen) atoms. The average Bonchev–Trinajstić information content (AvgIpc) is 2.81. The molecule has 124 valence electrons. The van der Waals surface area contributed by atoms with Gasteiger partial charge in [-0.2, -0.15) is 8.78 Å². The Morgan fingerprint density at radius 1 is 1.29 bits per heavy atom. The number of nitrogens with zero attached hydrogens (tertiary/aromatic N) is 3. The van der Waals surface area contributed by atoms with Crippen molar-refractivity contribution in [2.24, 2.45) is 0 Å². The first-order chi connectivity index (χ1) is 11.3. The fourth-order valence-corrected chi connectivity index (χ4v) is 2.58. The van der Waals surface area contributed by atoms with Gasteiger partial charge in [0, 0.05) is 37.2 Å². The molecule has 0 aromatic carbocycles. The van der Waals surface area contributed by atoms with Crippen LogP contribution >= 0.6 is 0 Å². The van der Waals surface area contributed by atoms with Gasteiger partial charge in [-0.3, -0.25) is 9.36 Å². The van der Waals surface area contributed by atoms with Crippen LogP contribution < -0.4 is 5.32 Å². The summed E-state index contributed by atoms with van der Waals surface area (Å²) < 4.78 is 28.9. The van der Waals surface area contributed by atoms with Crippen LogP contribution in [0.2, 0.25) is 0 Å². The molecule has 0 fully saturated rings. The van der Waals surface area contributed by atoms with E-state index in [9.17, 15) is 13.6 Å². The maximum atomic E-state index is 13.6. The van der Waals surface area contributed by atoms with E-state index in [2.05, 4.69) is 15.3 Å². The average molecular weight is 330 g/mol. The SMILES string of the molecule is CC(=O)Nc1cc2c(cn1)cc(C)n2-c1cccc(C(C)(F)F)n1. The highest BCUT2D eigenvalue weighted by Crippen LogP contribution is 2.28. The molecule has 3 heterocycles. The summed E-state index contributed by atoms with van der Waals surface area (Å²) in [6.45, 7) is 4.07. The lowest BCUT2D eigenvalue weighted by atomic mass is 10.2. The number of pyridine rings is 2. The third-order valence-corrected chi connectivity index (χ3v) is 3.59. The number of hydrogen-bond donors (Lipinski definition) is 1. The Morgan fingerprint density at radius 2 is 2.04 bits per heavy atom. The topological polar surface area (TPSA) is 59.8 Å². The van der Waals surface area contributed by atoms with Gasteiger partial charge in [-0.05, 0) is 25.1 Å². The van der Waals surface area contributed by atoms with E-state index in [1.807, 2.05) is 13.0 Å². The molecule has 0 spiro atoms. The number of carbonyl (C=O) groups excluding carboxylic acids is 1. The van der Waals surface area contributed by atoms with Crippen molar-refractivity contribution in [3.63, 3.8) is 0 Å². The molecule has 1 amide bonds. The number of nitrogens with one attached hydrogen (secondary N) is 1. The summed E-state index contributed by atoms with van der Waals surface area (Å²) in [6.07, 6.45) is 1.63. The third kappa shape index (κ3) is 2.97. The monoisotopic (exact) mass is 330 g/mol. The van der Waals surface area contributed by atoms with Crippen LogP contribution in [0.4, 0.5) is 14.6 Å². The van der Waals surface area contributed by atoms with Crippen LogP contribution in [-0.4, -0.2) is 20.4 Å². The molecule has 3 aromatic rings. The van der Waals surface area contributed by atoms with Crippen LogP contribution in [0, 0.1) is 6.92 Å². The maximum Gasteiger partial charge on any atom is 0.287 e. The summed E-state index contributed by atoms with van der Waals surface area (Å²) in [4.78, 5) is 19.5. The lowest BCUT2D eigenvalue weighted by Gasteiger charge is -2.13. The van der Waals surface area contributed by atoms with Crippen LogP contribution in [0.25, 0.3) is 16.7 Å². The Kier molecular flexibility index (Phi) is 3.79. The smallest absolute Gasteiger partial charge is 0.287 e. The number of amides is 1. The largest absolute Gasteiger partial charge is 0.311 e. The first-order valence-corrected chi connectivity index (χ1v) is 7.37. The van der Waals surface area contributed by atoms with Crippen molar-refractivity contribution in [1.29, 1.82) is 0 Å². The molecule has 0 aliphatic heterocycles. The van der Waals surface area contributed by atoms with E-state index in [0.29, 0.717) is 11.6 Å². The van der Waals surface area contributed by atoms with Crippen LogP contribution in [-0.2, 0) is 10.7 Å². The molecule has 0 unspecified atom stereocenters. The van der Waals surface area contributed by atoms with Crippen LogP contribution in [0.1, 0.15) is 25.2 Å². The van der Waals surface area contributed by atoms with E-state index in [1.54, 1.807) is 29.0 Å². The van der Waals surface area contributed by atoms with Crippen molar-refractivity contribution < 1.29 is 13.6 Å². The Labute approximate surface area is 137 Å². The second-order valence-corrected chi connectivity index (χ2v) is 5.70. The standard InChI is InChI=1S/C17H16F2N4O/c1-10-7-12-9-20-15(21-11(2)24)8-13(12)23(10)16-6-4-5-14(22-16)17(3,18)19/h4-9H,1-3H3,(H,20,21,24). The van der Waals surface area contributed by atoms with Gasteiger partial charge in [0.25, 0.3) is 5.92 Å². The fourth-order valence-electron chi connectivity index (χ4n) is 2.58. The molecule has 0 saturated heterocycles. The maximum absolute atomic E-state index is 13.6. The summed E-state index contributed by atoms with van der Waals surface area (Å²) in [5.74, 6) is -2.47. The highest BCUT2D eigenvalue weighted by Gasteiger charge is 2.26. The zero-order chi connectivity index (χ0) is 17.5. The molecule has 0 bridgehead atoms. The zero-order valence-corrected chi connectivity index (χ0v) is 13.5. The Morgan fingerprint density at radius 3 is 2.71 bits per heavy atom. The second kappa shape index (κ2) is 5.67. The summed E-state index contributed by atoms with van der Waals surface area (Å²) >= 11 is 0. The van der Waals surface area contributed by atoms with Crippen molar-refractivity contribution >= 4 is 22.6 Å². The minimum atomic E-state index is -3.02. The van der Waals surface area contributed by atoms with Gasteiger partial charge >= 0.3 is 0 Å². The van der Waals surface area contributed by atoms with Gasteiger partial charge in [0.1, 0.15) is 17.3 Å². The molecule has 1 N–H and O–H groups in total. The molecule has 3 aromatic heterocycles. The molecule has 0 saturated carbocycles. The van der Waals surface area contributed by atoms with Gasteiger partial charge in [-0.1, -0.05) is 6.07 Å². The minimum absolute atomic E-state index is 0.234. The van der Waals surface area contributed by atoms with Crippen LogP contribution in [0.5, 0.6) is 0 Å². The first kappa shape index (κ1) is 16.0. The molecule has 0 aliphatic carbocycles. The number of carbonyl (C=O) groups is 1. The zero-order valence-electron chi connectivity index (χ0n) is 13.5. The molecule has 0 atom stereocenters. The number of rotatable bonds is 3. The van der Waals surface area contributed by atoms with E-state index >= 15 is 0 Å². The quantitative estimate of drug-likeness (QED) is 0.794. The molecule has 0 aliphatic rings. The van der Waals surface area contributed by atoms with E-state index < -0.39 is 5.92 Å². The summed E-state index contributed by atoms with van der Waals surface area (Å²) in [5.41, 5.74) is 1.27. The van der Waals surface area contributed by atoms with E-state index in [4.69, 9.17) is 0 Å². The Bertz CT molecular complexity index is 928. The van der Waals surface area contributed by atoms with Gasteiger partial charge in [0.15, 0.2) is 0 Å². The van der Waals surface area contributed by atoms with E-state index in [-0.39, 0.29) is 11.6 Å². The van der Waals surface area contributed by atoms with Gasteiger partial charge < -0.3 is 5.32 Å². The summed E-state index contributed by atoms with van der Waals surface area (Å²) in [7, 11) is 0. The summed E-state index contributed by atoms with van der Waals surface area (Å²) in [5, 5.41) is 3.45. The number of halogens is 2. The van der Waals surface area contributed by atoms with Crippen LogP contribution in [0.3, 0.4) is 0 Å². The van der Waals surface area contributed by atoms with E-state index in [0.717, 1.165) is 23.5 Å². The van der Waals surface area contributed by atoms with Gasteiger partial charge in [-0.25, -0.2) is 9.97 Å². The van der Waals surface area contributed by atoms with Gasteiger partial charge in [0.2, 0.25) is 5.91 Å². The lowest BCUT2D eigenvalue weighted by Crippen LogP contribution is -2.12. The predicted molar refractivity (Wildman–Crippen MR) is 87.5 cm³/mol. The molecular weight excluding hydrogens is 314 g/mol. The van der Waals surface area contributed by atoms with Gasteiger partial charge in [0.05, 0.1) is 5.52 Å². The van der Waals surface area contributed by atoms with Crippen molar-refractivity contribution in [2.45, 2.75) is 26.7 Å². The van der Waals surface area contributed by atoms with Crippen LogP contribution in [0.15, 0.2) is 36.5 Å². The van der Waals surface area contributed by atoms with Crippen molar-refractivity contribution in [2.75, 3.05) is 5.32 Å². The highest BCUT2D eigenvalue weighted by molar-refractivity contribution is 5.91. The molecular formula is C17H16F2N4O. The Hall–Kier alpha value is -2.83. The fraction of sp³-hybridized carbons (Fsp3) is 0.235. The van der Waals surface area contributed by atoms with Gasteiger partial charge in [-0.15, -0.1) is 0 Å². The number of aromatic nitrogens is 3. The predicted octanol–water partition coefficient (Wildman–Crippen LogP) is 3.80. The minimum Gasteiger partial charge on any atom is -0.311 e. The number of alkyl halides is 2. The number of aryl methyl sites for hydroxylation is 1. The van der Waals surface area contributed by atoms with Crippen molar-refractivity contribution in [3.05, 3.63) is 47.9 Å². The van der Waals surface area contributed by atoms with E-state index in [1.165, 1.54) is 13.0 Å².